The molecular formula is C24H23Cl2N3O4. The van der Waals surface area contributed by atoms with Crippen molar-refractivity contribution in [2.75, 3.05) is 29.2 Å². The quantitative estimate of drug-likeness (QED) is 0.330. The normalized spacial score (nSPS) is 10.3. The van der Waals surface area contributed by atoms with Crippen LogP contribution in [-0.2, 0) is 0 Å². The average molecular weight is 488 g/mol. The van der Waals surface area contributed by atoms with E-state index < -0.39 is 6.03 Å². The maximum Gasteiger partial charge on any atom is 0.323 e. The monoisotopic (exact) mass is 487 g/mol. The summed E-state index contributed by atoms with van der Waals surface area (Å²) in [7, 11) is 0. The van der Waals surface area contributed by atoms with Crippen LogP contribution in [0.1, 0.15) is 24.2 Å². The maximum absolute atomic E-state index is 12.7. The number of nitrogens with one attached hydrogen (secondary N) is 3. The van der Waals surface area contributed by atoms with Crippen LogP contribution < -0.4 is 25.4 Å². The minimum absolute atomic E-state index is 0.296. The van der Waals surface area contributed by atoms with Crippen LogP contribution in [0.4, 0.5) is 21.9 Å². The average Bonchev–Trinajstić information content (AvgIpc) is 2.79. The van der Waals surface area contributed by atoms with Crippen molar-refractivity contribution in [3.8, 4) is 11.5 Å². The van der Waals surface area contributed by atoms with Gasteiger partial charge in [0.05, 0.1) is 35.3 Å². The number of anilines is 3. The zero-order chi connectivity index (χ0) is 23.8. The first-order valence-corrected chi connectivity index (χ1v) is 11.0. The van der Waals surface area contributed by atoms with Crippen LogP contribution in [0.15, 0.2) is 60.7 Å². The van der Waals surface area contributed by atoms with E-state index in [-0.39, 0.29) is 5.91 Å². The molecule has 0 aliphatic rings. The molecule has 3 rings (SSSR count). The van der Waals surface area contributed by atoms with E-state index in [0.717, 1.165) is 0 Å². The molecule has 7 nitrogen and oxygen atoms in total. The zero-order valence-electron chi connectivity index (χ0n) is 18.1. The van der Waals surface area contributed by atoms with Crippen molar-refractivity contribution in [3.63, 3.8) is 0 Å². The standard InChI is InChI=1S/C24H23Cl2N3O4/c1-3-32-21-14-20(29-24(31)28-18-11-10-16(25)12-17(18)26)22(33-4-2)13-19(21)27-23(30)15-8-6-5-7-9-15/h5-14H,3-4H2,1-2H3,(H,27,30)(H2,28,29,31). The molecule has 0 heterocycles. The Kier molecular flexibility index (Phi) is 8.40. The summed E-state index contributed by atoms with van der Waals surface area (Å²) >= 11 is 12.0. The third-order valence-corrected chi connectivity index (χ3v) is 4.94. The molecule has 3 amide bonds. The molecule has 0 saturated heterocycles. The van der Waals surface area contributed by atoms with Crippen LogP contribution in [-0.4, -0.2) is 25.2 Å². The fourth-order valence-corrected chi connectivity index (χ4v) is 3.41. The second-order valence-electron chi connectivity index (χ2n) is 6.73. The van der Waals surface area contributed by atoms with Gasteiger partial charge in [-0.05, 0) is 44.2 Å². The number of ether oxygens (including phenoxy) is 2. The number of hydrogen-bond acceptors (Lipinski definition) is 4. The van der Waals surface area contributed by atoms with Crippen molar-refractivity contribution >= 4 is 52.2 Å². The lowest BCUT2D eigenvalue weighted by atomic mass is 10.2. The third-order valence-electron chi connectivity index (χ3n) is 4.39. The number of amides is 3. The van der Waals surface area contributed by atoms with Crippen LogP contribution in [0.25, 0.3) is 0 Å². The van der Waals surface area contributed by atoms with Gasteiger partial charge < -0.3 is 25.4 Å². The molecule has 0 fully saturated rings. The maximum atomic E-state index is 12.7. The molecule has 0 radical (unpaired) electrons. The summed E-state index contributed by atoms with van der Waals surface area (Å²) in [5.41, 5.74) is 1.68. The summed E-state index contributed by atoms with van der Waals surface area (Å²) in [5, 5.41) is 9.01. The summed E-state index contributed by atoms with van der Waals surface area (Å²) < 4.78 is 11.4. The van der Waals surface area contributed by atoms with Crippen LogP contribution in [0.2, 0.25) is 10.0 Å². The Labute approximate surface area is 202 Å². The summed E-state index contributed by atoms with van der Waals surface area (Å²) in [6.45, 7) is 4.34. The van der Waals surface area contributed by atoms with Gasteiger partial charge in [-0.25, -0.2) is 4.79 Å². The van der Waals surface area contributed by atoms with Gasteiger partial charge in [-0.2, -0.15) is 0 Å². The lowest BCUT2D eigenvalue weighted by Crippen LogP contribution is -2.20. The SMILES string of the molecule is CCOc1cc(NC(=O)c2ccccc2)c(OCC)cc1NC(=O)Nc1ccc(Cl)cc1Cl. The van der Waals surface area contributed by atoms with Gasteiger partial charge in [-0.1, -0.05) is 41.4 Å². The van der Waals surface area contributed by atoms with E-state index in [1.54, 1.807) is 48.5 Å². The molecule has 3 N–H and O–H groups in total. The Balaban J connectivity index is 1.86. The highest BCUT2D eigenvalue weighted by molar-refractivity contribution is 6.36. The molecule has 172 valence electrons. The zero-order valence-corrected chi connectivity index (χ0v) is 19.6. The molecule has 0 bridgehead atoms. The summed E-state index contributed by atoms with van der Waals surface area (Å²) in [6, 6.07) is 16.2. The van der Waals surface area contributed by atoms with E-state index in [1.165, 1.54) is 6.07 Å². The van der Waals surface area contributed by atoms with Gasteiger partial charge in [0.1, 0.15) is 11.5 Å². The largest absolute Gasteiger partial charge is 0.492 e. The second-order valence-corrected chi connectivity index (χ2v) is 7.58. The molecule has 3 aromatic carbocycles. The van der Waals surface area contributed by atoms with E-state index in [2.05, 4.69) is 16.0 Å². The molecule has 0 aromatic heterocycles. The fraction of sp³-hybridized carbons (Fsp3) is 0.167. The molecule has 0 atom stereocenters. The molecule has 0 aliphatic carbocycles. The first kappa shape index (κ1) is 24.2. The Bertz CT molecular complexity index is 1140. The van der Waals surface area contributed by atoms with Crippen LogP contribution in [0.3, 0.4) is 0 Å². The number of hydrogen-bond donors (Lipinski definition) is 3. The highest BCUT2D eigenvalue weighted by Gasteiger charge is 2.17. The van der Waals surface area contributed by atoms with E-state index in [9.17, 15) is 9.59 Å². The summed E-state index contributed by atoms with van der Waals surface area (Å²) in [4.78, 5) is 25.3. The van der Waals surface area contributed by atoms with Crippen LogP contribution in [0.5, 0.6) is 11.5 Å². The van der Waals surface area contributed by atoms with Crippen LogP contribution >= 0.6 is 23.2 Å². The van der Waals surface area contributed by atoms with Crippen molar-refractivity contribution in [1.82, 2.24) is 0 Å². The Morgan fingerprint density at radius 3 is 1.91 bits per heavy atom. The first-order valence-electron chi connectivity index (χ1n) is 10.2. The molecule has 3 aromatic rings. The van der Waals surface area contributed by atoms with Gasteiger partial charge in [0, 0.05) is 22.7 Å². The molecule has 33 heavy (non-hydrogen) atoms. The van der Waals surface area contributed by atoms with Gasteiger partial charge in [0.25, 0.3) is 5.91 Å². The topological polar surface area (TPSA) is 88.7 Å². The predicted molar refractivity (Wildman–Crippen MR) is 132 cm³/mol. The minimum atomic E-state index is -0.538. The van der Waals surface area contributed by atoms with Gasteiger partial charge in [-0.3, -0.25) is 4.79 Å². The lowest BCUT2D eigenvalue weighted by Gasteiger charge is -2.18. The smallest absolute Gasteiger partial charge is 0.323 e. The van der Waals surface area contributed by atoms with Crippen LogP contribution in [0, 0.1) is 0 Å². The molecule has 0 unspecified atom stereocenters. The van der Waals surface area contributed by atoms with Crippen molar-refractivity contribution in [2.24, 2.45) is 0 Å². The molecule has 9 heteroatoms. The van der Waals surface area contributed by atoms with E-state index in [4.69, 9.17) is 32.7 Å². The number of rotatable bonds is 8. The van der Waals surface area contributed by atoms with Gasteiger partial charge in [0.15, 0.2) is 0 Å². The fourth-order valence-electron chi connectivity index (χ4n) is 2.96. The molecular weight excluding hydrogens is 465 g/mol. The minimum Gasteiger partial charge on any atom is -0.492 e. The number of carbonyl (C=O) groups excluding carboxylic acids is 2. The van der Waals surface area contributed by atoms with Crippen molar-refractivity contribution in [1.29, 1.82) is 0 Å². The number of carbonyl (C=O) groups is 2. The Morgan fingerprint density at radius 2 is 1.33 bits per heavy atom. The molecule has 0 aliphatic heterocycles. The number of urea groups is 1. The third kappa shape index (κ3) is 6.54. The van der Waals surface area contributed by atoms with Gasteiger partial charge in [-0.15, -0.1) is 0 Å². The van der Waals surface area contributed by atoms with Crippen molar-refractivity contribution in [3.05, 3.63) is 76.3 Å². The summed E-state index contributed by atoms with van der Waals surface area (Å²) in [6.07, 6.45) is 0. The number of halogens is 2. The van der Waals surface area contributed by atoms with Gasteiger partial charge >= 0.3 is 6.03 Å². The van der Waals surface area contributed by atoms with Crippen molar-refractivity contribution in [2.45, 2.75) is 13.8 Å². The van der Waals surface area contributed by atoms with E-state index in [0.29, 0.717) is 57.4 Å². The van der Waals surface area contributed by atoms with Gasteiger partial charge in [0.2, 0.25) is 0 Å². The molecule has 0 saturated carbocycles. The summed E-state index contributed by atoms with van der Waals surface area (Å²) in [5.74, 6) is 0.446. The van der Waals surface area contributed by atoms with E-state index >= 15 is 0 Å². The molecule has 0 spiro atoms. The predicted octanol–water partition coefficient (Wildman–Crippen LogP) is 6.69. The number of benzene rings is 3. The second kappa shape index (κ2) is 11.4. The highest BCUT2D eigenvalue weighted by atomic mass is 35.5. The first-order chi connectivity index (χ1) is 15.9. The highest BCUT2D eigenvalue weighted by Crippen LogP contribution is 2.37. The Morgan fingerprint density at radius 1 is 0.758 bits per heavy atom. The Hall–Kier alpha value is -3.42. The lowest BCUT2D eigenvalue weighted by molar-refractivity contribution is 0.102. The van der Waals surface area contributed by atoms with E-state index in [1.807, 2.05) is 19.9 Å². The van der Waals surface area contributed by atoms with Crippen molar-refractivity contribution < 1.29 is 19.1 Å².